The number of anilines is 1. The molecule has 0 aliphatic carbocycles. The van der Waals surface area contributed by atoms with E-state index in [2.05, 4.69) is 32.6 Å². The third-order valence-electron chi connectivity index (χ3n) is 4.73. The zero-order valence-corrected chi connectivity index (χ0v) is 17.7. The zero-order chi connectivity index (χ0) is 21.0. The van der Waals surface area contributed by atoms with Crippen molar-refractivity contribution in [2.75, 3.05) is 11.9 Å². The van der Waals surface area contributed by atoms with E-state index in [1.807, 2.05) is 58.0 Å². The van der Waals surface area contributed by atoms with Gasteiger partial charge in [0.15, 0.2) is 0 Å². The number of carbonyl (C=O) groups excluding carboxylic acids is 1. The summed E-state index contributed by atoms with van der Waals surface area (Å²) in [7, 11) is 0. The highest BCUT2D eigenvalue weighted by molar-refractivity contribution is 5.92. The monoisotopic (exact) mass is 392 g/mol. The Morgan fingerprint density at radius 2 is 1.79 bits per heavy atom. The summed E-state index contributed by atoms with van der Waals surface area (Å²) in [5, 5.41) is 10.9. The Morgan fingerprint density at radius 1 is 1.07 bits per heavy atom. The lowest BCUT2D eigenvalue weighted by molar-refractivity contribution is -0.115. The van der Waals surface area contributed by atoms with Crippen LogP contribution in [0.4, 0.5) is 5.69 Å². The number of aromatic nitrogens is 4. The van der Waals surface area contributed by atoms with Crippen LogP contribution >= 0.6 is 0 Å². The number of rotatable bonds is 7. The Bertz CT molecular complexity index is 1000. The predicted molar refractivity (Wildman–Crippen MR) is 114 cm³/mol. The molecule has 3 rings (SSSR count). The fraction of sp³-hybridized carbons (Fsp3) is 0.364. The van der Waals surface area contributed by atoms with Gasteiger partial charge in [-0.1, -0.05) is 19.1 Å². The fourth-order valence-electron chi connectivity index (χ4n) is 3.32. The molecular weight excluding hydrogens is 364 g/mol. The summed E-state index contributed by atoms with van der Waals surface area (Å²) in [6.45, 7) is 11.5. The van der Waals surface area contributed by atoms with Crippen molar-refractivity contribution in [2.45, 2.75) is 47.6 Å². The van der Waals surface area contributed by atoms with Gasteiger partial charge >= 0.3 is 0 Å². The smallest absolute Gasteiger partial charge is 0.251 e. The van der Waals surface area contributed by atoms with Gasteiger partial charge in [-0.2, -0.15) is 5.10 Å². The summed E-state index contributed by atoms with van der Waals surface area (Å²) in [4.78, 5) is 21.6. The molecule has 0 bridgehead atoms. The molecule has 2 aromatic heterocycles. The second-order valence-corrected chi connectivity index (χ2v) is 7.22. The lowest BCUT2D eigenvalue weighted by Crippen LogP contribution is -2.16. The van der Waals surface area contributed by atoms with E-state index >= 15 is 0 Å². The van der Waals surface area contributed by atoms with Gasteiger partial charge in [0, 0.05) is 34.9 Å². The highest BCUT2D eigenvalue weighted by atomic mass is 16.1. The van der Waals surface area contributed by atoms with Gasteiger partial charge < -0.3 is 10.6 Å². The number of nitrogens with one attached hydrogen (secondary N) is 2. The molecule has 0 saturated carbocycles. The van der Waals surface area contributed by atoms with Crippen LogP contribution in [0.3, 0.4) is 0 Å². The minimum absolute atomic E-state index is 0.0716. The van der Waals surface area contributed by atoms with Crippen molar-refractivity contribution in [3.8, 4) is 5.95 Å². The Labute approximate surface area is 171 Å². The summed E-state index contributed by atoms with van der Waals surface area (Å²) < 4.78 is 1.72. The Kier molecular flexibility index (Phi) is 6.39. The largest absolute Gasteiger partial charge is 0.326 e. The first kappa shape index (κ1) is 20.7. The first-order valence-electron chi connectivity index (χ1n) is 9.84. The number of carbonyl (C=O) groups is 1. The van der Waals surface area contributed by atoms with Gasteiger partial charge in [-0.25, -0.2) is 14.6 Å². The summed E-state index contributed by atoms with van der Waals surface area (Å²) in [6.07, 6.45) is 0.250. The van der Waals surface area contributed by atoms with E-state index in [0.29, 0.717) is 5.95 Å². The van der Waals surface area contributed by atoms with E-state index in [4.69, 9.17) is 0 Å². The predicted octanol–water partition coefficient (Wildman–Crippen LogP) is 3.19. The van der Waals surface area contributed by atoms with E-state index in [1.54, 1.807) is 4.68 Å². The van der Waals surface area contributed by atoms with E-state index in [1.165, 1.54) is 0 Å². The molecule has 29 heavy (non-hydrogen) atoms. The first-order chi connectivity index (χ1) is 13.9. The molecule has 0 unspecified atom stereocenters. The van der Waals surface area contributed by atoms with Crippen molar-refractivity contribution in [3.63, 3.8) is 0 Å². The Morgan fingerprint density at radius 3 is 2.48 bits per heavy atom. The van der Waals surface area contributed by atoms with E-state index in [9.17, 15) is 4.79 Å². The summed E-state index contributed by atoms with van der Waals surface area (Å²) in [5.74, 6) is 0.462. The molecule has 2 heterocycles. The van der Waals surface area contributed by atoms with Gasteiger partial charge in [0.2, 0.25) is 5.91 Å². The standard InChI is InChI=1S/C22H28N6O/c1-6-23-13-18-8-7-9-19(11-18)26-21(29)12-20-16(4)27-28(17(20)5)22-24-14(2)10-15(3)25-22/h7-11,23H,6,12-13H2,1-5H3,(H,26,29). The molecule has 7 nitrogen and oxygen atoms in total. The molecule has 0 atom stereocenters. The number of aryl methyl sites for hydroxylation is 3. The lowest BCUT2D eigenvalue weighted by Gasteiger charge is -2.09. The Hall–Kier alpha value is -3.06. The number of hydrogen-bond donors (Lipinski definition) is 2. The number of nitrogens with zero attached hydrogens (tertiary/aromatic N) is 4. The van der Waals surface area contributed by atoms with E-state index < -0.39 is 0 Å². The second-order valence-electron chi connectivity index (χ2n) is 7.22. The van der Waals surface area contributed by atoms with Crippen molar-refractivity contribution in [3.05, 3.63) is 64.2 Å². The van der Waals surface area contributed by atoms with Gasteiger partial charge in [0.25, 0.3) is 5.95 Å². The van der Waals surface area contributed by atoms with Crippen LogP contribution in [0.1, 0.15) is 40.8 Å². The van der Waals surface area contributed by atoms with Crippen molar-refractivity contribution >= 4 is 11.6 Å². The zero-order valence-electron chi connectivity index (χ0n) is 17.7. The van der Waals surface area contributed by atoms with E-state index in [0.717, 1.165) is 52.7 Å². The van der Waals surface area contributed by atoms with Gasteiger partial charge in [-0.15, -0.1) is 0 Å². The fourth-order valence-corrected chi connectivity index (χ4v) is 3.32. The molecular formula is C22H28N6O. The third kappa shape index (κ3) is 5.06. The van der Waals surface area contributed by atoms with Crippen LogP contribution in [-0.2, 0) is 17.8 Å². The molecule has 3 aromatic rings. The summed E-state index contributed by atoms with van der Waals surface area (Å²) in [6, 6.07) is 9.81. The van der Waals surface area contributed by atoms with Gasteiger partial charge in [0.1, 0.15) is 0 Å². The summed E-state index contributed by atoms with van der Waals surface area (Å²) >= 11 is 0. The van der Waals surface area contributed by atoms with Crippen LogP contribution in [0.25, 0.3) is 5.95 Å². The maximum Gasteiger partial charge on any atom is 0.251 e. The van der Waals surface area contributed by atoms with Crippen LogP contribution in [0.5, 0.6) is 0 Å². The van der Waals surface area contributed by atoms with Crippen LogP contribution in [0.2, 0.25) is 0 Å². The molecule has 7 heteroatoms. The van der Waals surface area contributed by atoms with Crippen LogP contribution in [0.15, 0.2) is 30.3 Å². The van der Waals surface area contributed by atoms with Crippen molar-refractivity contribution in [2.24, 2.45) is 0 Å². The van der Waals surface area contributed by atoms with Crippen molar-refractivity contribution in [1.29, 1.82) is 0 Å². The number of amides is 1. The average Bonchev–Trinajstić information content (AvgIpc) is 2.94. The van der Waals surface area contributed by atoms with Crippen LogP contribution in [0, 0.1) is 27.7 Å². The lowest BCUT2D eigenvalue weighted by atomic mass is 10.1. The third-order valence-corrected chi connectivity index (χ3v) is 4.73. The van der Waals surface area contributed by atoms with Crippen molar-refractivity contribution in [1.82, 2.24) is 25.1 Å². The molecule has 0 saturated heterocycles. The molecule has 0 fully saturated rings. The SMILES string of the molecule is CCNCc1cccc(NC(=O)Cc2c(C)nn(-c3nc(C)cc(C)n3)c2C)c1. The highest BCUT2D eigenvalue weighted by Crippen LogP contribution is 2.18. The maximum absolute atomic E-state index is 12.7. The maximum atomic E-state index is 12.7. The highest BCUT2D eigenvalue weighted by Gasteiger charge is 2.18. The molecule has 2 N–H and O–H groups in total. The van der Waals surface area contributed by atoms with Gasteiger partial charge in [-0.3, -0.25) is 4.79 Å². The van der Waals surface area contributed by atoms with Crippen LogP contribution < -0.4 is 10.6 Å². The molecule has 0 radical (unpaired) electrons. The average molecular weight is 393 g/mol. The summed E-state index contributed by atoms with van der Waals surface area (Å²) in [5.41, 5.74) is 6.29. The van der Waals surface area contributed by atoms with E-state index in [-0.39, 0.29) is 12.3 Å². The topological polar surface area (TPSA) is 84.7 Å². The quantitative estimate of drug-likeness (QED) is 0.645. The minimum Gasteiger partial charge on any atom is -0.326 e. The second kappa shape index (κ2) is 8.96. The normalized spacial score (nSPS) is 10.9. The molecule has 152 valence electrons. The first-order valence-corrected chi connectivity index (χ1v) is 9.84. The Balaban J connectivity index is 1.77. The van der Waals surface area contributed by atoms with Gasteiger partial charge in [-0.05, 0) is 58.0 Å². The molecule has 0 spiro atoms. The number of hydrogen-bond acceptors (Lipinski definition) is 5. The van der Waals surface area contributed by atoms with Crippen molar-refractivity contribution < 1.29 is 4.79 Å². The number of benzene rings is 1. The molecule has 1 aromatic carbocycles. The van der Waals surface area contributed by atoms with Crippen LogP contribution in [-0.4, -0.2) is 32.2 Å². The molecule has 0 aliphatic heterocycles. The molecule has 0 aliphatic rings. The van der Waals surface area contributed by atoms with Gasteiger partial charge in [0.05, 0.1) is 12.1 Å². The molecule has 1 amide bonds. The minimum atomic E-state index is -0.0716.